The number of carbonyl (C=O) groups is 1. The summed E-state index contributed by atoms with van der Waals surface area (Å²) in [5, 5.41) is 16.8. The van der Waals surface area contributed by atoms with Crippen molar-refractivity contribution in [2.45, 2.75) is 19.6 Å². The number of aromatic nitrogens is 1. The number of urea groups is 1. The van der Waals surface area contributed by atoms with Crippen LogP contribution in [0.25, 0.3) is 0 Å². The standard InChI is InChI=1S/C17H18F3N5O3S/c1-11-22-13(10-29-11)9-21-16(26)24-6-4-23(5-7-24)14-3-2-12(17(18,19)20)8-15(14)25(27)28/h2-3,8,10H,4-7,9H2,1H3,(H,21,26). The molecule has 1 aliphatic heterocycles. The minimum absolute atomic E-state index is 0.112. The molecule has 2 aromatic rings. The SMILES string of the molecule is Cc1nc(CNC(=O)N2CCN(c3ccc(C(F)(F)F)cc3[N+](=O)[O-])CC2)cs1. The molecule has 156 valence electrons. The van der Waals surface area contributed by atoms with Gasteiger partial charge in [0.25, 0.3) is 5.69 Å². The van der Waals surface area contributed by atoms with Gasteiger partial charge in [-0.15, -0.1) is 11.3 Å². The molecule has 3 rings (SSSR count). The molecule has 1 N–H and O–H groups in total. The highest BCUT2D eigenvalue weighted by molar-refractivity contribution is 7.09. The van der Waals surface area contributed by atoms with Crippen LogP contribution in [0.1, 0.15) is 16.3 Å². The average molecular weight is 429 g/mol. The number of aryl methyl sites for hydroxylation is 1. The average Bonchev–Trinajstić information content (AvgIpc) is 3.10. The molecule has 1 saturated heterocycles. The summed E-state index contributed by atoms with van der Waals surface area (Å²) < 4.78 is 38.6. The summed E-state index contributed by atoms with van der Waals surface area (Å²) >= 11 is 1.49. The van der Waals surface area contributed by atoms with Crippen molar-refractivity contribution in [3.8, 4) is 0 Å². The Morgan fingerprint density at radius 1 is 1.31 bits per heavy atom. The summed E-state index contributed by atoms with van der Waals surface area (Å²) in [5.41, 5.74) is -0.791. The number of nitro benzene ring substituents is 1. The number of benzene rings is 1. The summed E-state index contributed by atoms with van der Waals surface area (Å²) in [5.74, 6) is 0. The van der Waals surface area contributed by atoms with Crippen LogP contribution in [0.5, 0.6) is 0 Å². The molecule has 0 saturated carbocycles. The summed E-state index contributed by atoms with van der Waals surface area (Å²) in [7, 11) is 0. The van der Waals surface area contributed by atoms with Crippen molar-refractivity contribution < 1.29 is 22.9 Å². The van der Waals surface area contributed by atoms with Crippen LogP contribution in [0.4, 0.5) is 29.3 Å². The lowest BCUT2D eigenvalue weighted by Gasteiger charge is -2.35. The molecule has 0 atom stereocenters. The third-order valence-electron chi connectivity index (χ3n) is 4.49. The van der Waals surface area contributed by atoms with Crippen LogP contribution < -0.4 is 10.2 Å². The second-order valence-electron chi connectivity index (χ2n) is 6.45. The van der Waals surface area contributed by atoms with Gasteiger partial charge in [-0.1, -0.05) is 0 Å². The van der Waals surface area contributed by atoms with Gasteiger partial charge in [-0.25, -0.2) is 9.78 Å². The van der Waals surface area contributed by atoms with Crippen LogP contribution in [-0.4, -0.2) is 47.0 Å². The van der Waals surface area contributed by atoms with Gasteiger partial charge in [0.05, 0.1) is 27.7 Å². The molecular formula is C17H18F3N5O3S. The quantitative estimate of drug-likeness (QED) is 0.594. The molecule has 1 aromatic heterocycles. The molecule has 0 radical (unpaired) electrons. The number of hydrogen-bond acceptors (Lipinski definition) is 6. The number of halogens is 3. The zero-order valence-corrected chi connectivity index (χ0v) is 16.2. The Morgan fingerprint density at radius 2 is 2.00 bits per heavy atom. The fourth-order valence-electron chi connectivity index (χ4n) is 3.03. The van der Waals surface area contributed by atoms with Crippen molar-refractivity contribution in [3.63, 3.8) is 0 Å². The van der Waals surface area contributed by atoms with Crippen molar-refractivity contribution in [1.29, 1.82) is 0 Å². The largest absolute Gasteiger partial charge is 0.416 e. The van der Waals surface area contributed by atoms with Crippen LogP contribution >= 0.6 is 11.3 Å². The summed E-state index contributed by atoms with van der Waals surface area (Å²) in [6, 6.07) is 2.21. The molecule has 1 aliphatic rings. The van der Waals surface area contributed by atoms with E-state index in [9.17, 15) is 28.1 Å². The van der Waals surface area contributed by atoms with Crippen LogP contribution in [0.3, 0.4) is 0 Å². The van der Waals surface area contributed by atoms with E-state index in [0.29, 0.717) is 25.7 Å². The normalized spacial score (nSPS) is 14.8. The van der Waals surface area contributed by atoms with Crippen LogP contribution in [0.2, 0.25) is 0 Å². The topological polar surface area (TPSA) is 91.6 Å². The van der Waals surface area contributed by atoms with Gasteiger partial charge in [-0.3, -0.25) is 10.1 Å². The van der Waals surface area contributed by atoms with Crippen molar-refractivity contribution >= 4 is 28.7 Å². The van der Waals surface area contributed by atoms with E-state index in [1.807, 2.05) is 12.3 Å². The highest BCUT2D eigenvalue weighted by Gasteiger charge is 2.34. The Kier molecular flexibility index (Phi) is 5.91. The number of nitro groups is 1. The maximum absolute atomic E-state index is 12.9. The van der Waals surface area contributed by atoms with Gasteiger partial charge in [-0.05, 0) is 19.1 Å². The van der Waals surface area contributed by atoms with Crippen molar-refractivity contribution in [1.82, 2.24) is 15.2 Å². The lowest BCUT2D eigenvalue weighted by Crippen LogP contribution is -2.51. The summed E-state index contributed by atoms with van der Waals surface area (Å²) in [6.45, 7) is 3.30. The number of anilines is 1. The van der Waals surface area contributed by atoms with Crippen LogP contribution in [0, 0.1) is 17.0 Å². The molecule has 29 heavy (non-hydrogen) atoms. The highest BCUT2D eigenvalue weighted by atomic mass is 32.1. The minimum Gasteiger partial charge on any atom is -0.362 e. The zero-order chi connectivity index (χ0) is 21.2. The number of alkyl halides is 3. The van der Waals surface area contributed by atoms with Gasteiger partial charge < -0.3 is 15.1 Å². The molecular weight excluding hydrogens is 411 g/mol. The Labute approximate surface area is 168 Å². The first-order valence-corrected chi connectivity index (χ1v) is 9.57. The Hall–Kier alpha value is -2.89. The van der Waals surface area contributed by atoms with Crippen LogP contribution in [0.15, 0.2) is 23.6 Å². The highest BCUT2D eigenvalue weighted by Crippen LogP contribution is 2.36. The molecule has 1 fully saturated rings. The van der Waals surface area contributed by atoms with Crippen LogP contribution in [-0.2, 0) is 12.7 Å². The first kappa shape index (κ1) is 20.8. The predicted molar refractivity (Wildman–Crippen MR) is 101 cm³/mol. The fourth-order valence-corrected chi connectivity index (χ4v) is 3.64. The third-order valence-corrected chi connectivity index (χ3v) is 5.32. The minimum atomic E-state index is -4.66. The van der Waals surface area contributed by atoms with Crippen molar-refractivity contribution in [2.24, 2.45) is 0 Å². The van der Waals surface area contributed by atoms with Gasteiger partial charge in [0, 0.05) is 37.6 Å². The first-order chi connectivity index (χ1) is 13.6. The van der Waals surface area contributed by atoms with Gasteiger partial charge in [0.15, 0.2) is 0 Å². The van der Waals surface area contributed by atoms with E-state index in [0.717, 1.165) is 22.8 Å². The number of hydrogen-bond donors (Lipinski definition) is 1. The van der Waals surface area contributed by atoms with E-state index in [4.69, 9.17) is 0 Å². The fraction of sp³-hybridized carbons (Fsp3) is 0.412. The lowest BCUT2D eigenvalue weighted by atomic mass is 10.1. The number of thiazole rings is 1. The molecule has 8 nitrogen and oxygen atoms in total. The number of nitrogens with one attached hydrogen (secondary N) is 1. The molecule has 0 aliphatic carbocycles. The van der Waals surface area contributed by atoms with E-state index in [2.05, 4.69) is 10.3 Å². The molecule has 12 heteroatoms. The maximum atomic E-state index is 12.9. The smallest absolute Gasteiger partial charge is 0.362 e. The Morgan fingerprint density at radius 3 is 2.55 bits per heavy atom. The molecule has 0 spiro atoms. The van der Waals surface area contributed by atoms with E-state index < -0.39 is 22.4 Å². The van der Waals surface area contributed by atoms with Gasteiger partial charge in [0.2, 0.25) is 0 Å². The number of carbonyl (C=O) groups excluding carboxylic acids is 1. The zero-order valence-electron chi connectivity index (χ0n) is 15.4. The van der Waals surface area contributed by atoms with Gasteiger partial charge in [0.1, 0.15) is 5.69 Å². The van der Waals surface area contributed by atoms with E-state index in [1.54, 1.807) is 9.80 Å². The van der Waals surface area contributed by atoms with Crippen molar-refractivity contribution in [3.05, 3.63) is 50.0 Å². The molecule has 0 unspecified atom stereocenters. The first-order valence-electron chi connectivity index (χ1n) is 8.69. The molecule has 1 aromatic carbocycles. The second-order valence-corrected chi connectivity index (χ2v) is 7.51. The molecule has 2 heterocycles. The van der Waals surface area contributed by atoms with E-state index >= 15 is 0 Å². The monoisotopic (exact) mass is 429 g/mol. The number of amides is 2. The Balaban J connectivity index is 1.62. The lowest BCUT2D eigenvalue weighted by molar-refractivity contribution is -0.384. The number of nitrogens with zero attached hydrogens (tertiary/aromatic N) is 4. The maximum Gasteiger partial charge on any atom is 0.416 e. The van der Waals surface area contributed by atoms with Crippen molar-refractivity contribution in [2.75, 3.05) is 31.1 Å². The Bertz CT molecular complexity index is 910. The van der Waals surface area contributed by atoms with Gasteiger partial charge >= 0.3 is 12.2 Å². The second kappa shape index (κ2) is 8.23. The van der Waals surface area contributed by atoms with E-state index in [-0.39, 0.29) is 24.8 Å². The number of rotatable bonds is 4. The predicted octanol–water partition coefficient (Wildman–Crippen LogP) is 3.41. The summed E-state index contributed by atoms with van der Waals surface area (Å²) in [4.78, 5) is 30.2. The van der Waals surface area contributed by atoms with Gasteiger partial charge in [-0.2, -0.15) is 13.2 Å². The molecule has 2 amide bonds. The molecule has 0 bridgehead atoms. The van der Waals surface area contributed by atoms with E-state index in [1.165, 1.54) is 11.3 Å². The summed E-state index contributed by atoms with van der Waals surface area (Å²) in [6.07, 6.45) is -4.66. The number of piperazine rings is 1. The third kappa shape index (κ3) is 4.94.